The van der Waals surface area contributed by atoms with Crippen molar-refractivity contribution in [1.29, 1.82) is 0 Å². The molecule has 166 valence electrons. The van der Waals surface area contributed by atoms with Gasteiger partial charge in [0, 0.05) is 12.0 Å². The number of hydrogen-bond acceptors (Lipinski definition) is 2. The highest BCUT2D eigenvalue weighted by molar-refractivity contribution is 5.38. The van der Waals surface area contributed by atoms with Crippen molar-refractivity contribution in [3.8, 4) is 0 Å². The lowest BCUT2D eigenvalue weighted by molar-refractivity contribution is -0.0549. The Balaban J connectivity index is 1.34. The monoisotopic (exact) mass is 409 g/mol. The fourth-order valence-electron chi connectivity index (χ4n) is 9.29. The van der Waals surface area contributed by atoms with E-state index in [1.807, 2.05) is 11.1 Å². The topological polar surface area (TPSA) is 21.3 Å². The van der Waals surface area contributed by atoms with Crippen molar-refractivity contribution in [2.45, 2.75) is 104 Å². The molecule has 6 aliphatic rings. The summed E-state index contributed by atoms with van der Waals surface area (Å²) in [6, 6.07) is 0.558. The van der Waals surface area contributed by atoms with E-state index in [1.54, 1.807) is 5.57 Å². The molecule has 6 rings (SSSR count). The summed E-state index contributed by atoms with van der Waals surface area (Å²) < 4.78 is 7.06. The predicted molar refractivity (Wildman–Crippen MR) is 123 cm³/mol. The van der Waals surface area contributed by atoms with E-state index >= 15 is 0 Å². The molecule has 4 fully saturated rings. The molecule has 2 heterocycles. The van der Waals surface area contributed by atoms with Gasteiger partial charge in [-0.05, 0) is 105 Å². The molecule has 2 saturated carbocycles. The standard InChI is InChI=1S/C28H43NO/c1-16-8-10-27(5)20(12-16)6-7-22-21-9-11-28(18(3)23(21)14-24(22)27)19(4)26-25(30-28)13-17(2)15-29-26/h6,16-17,19,21-22,24-26,29H,7-15H2,1-5H3/t16?,17-,19?,21?,22?,24?,25?,26?,27?,28?/m0/s1. The van der Waals surface area contributed by atoms with Gasteiger partial charge in [0.1, 0.15) is 0 Å². The molecule has 0 bridgehead atoms. The van der Waals surface area contributed by atoms with Gasteiger partial charge in [0.15, 0.2) is 0 Å². The van der Waals surface area contributed by atoms with Gasteiger partial charge in [-0.2, -0.15) is 0 Å². The van der Waals surface area contributed by atoms with E-state index in [9.17, 15) is 0 Å². The Labute approximate surface area is 184 Å². The van der Waals surface area contributed by atoms with Crippen molar-refractivity contribution in [2.24, 2.45) is 40.9 Å². The number of allylic oxidation sites excluding steroid dienone is 3. The van der Waals surface area contributed by atoms with Crippen molar-refractivity contribution in [3.05, 3.63) is 22.8 Å². The molecule has 0 aromatic carbocycles. The molecule has 10 atom stereocenters. The fourth-order valence-corrected chi connectivity index (χ4v) is 9.29. The van der Waals surface area contributed by atoms with Crippen LogP contribution in [0, 0.1) is 40.9 Å². The van der Waals surface area contributed by atoms with Crippen LogP contribution in [0.4, 0.5) is 0 Å². The third-order valence-electron chi connectivity index (χ3n) is 11.2. The Morgan fingerprint density at radius 3 is 2.73 bits per heavy atom. The lowest BCUT2D eigenvalue weighted by atomic mass is 9.55. The van der Waals surface area contributed by atoms with Crippen molar-refractivity contribution in [2.75, 3.05) is 6.54 Å². The van der Waals surface area contributed by atoms with Gasteiger partial charge in [0.25, 0.3) is 0 Å². The molecular weight excluding hydrogens is 366 g/mol. The molecular formula is C28H43NO. The summed E-state index contributed by atoms with van der Waals surface area (Å²) in [4.78, 5) is 0. The van der Waals surface area contributed by atoms with Crippen LogP contribution in [0.2, 0.25) is 0 Å². The highest BCUT2D eigenvalue weighted by Gasteiger charge is 2.60. The molecule has 9 unspecified atom stereocenters. The van der Waals surface area contributed by atoms with Crippen molar-refractivity contribution in [1.82, 2.24) is 5.32 Å². The van der Waals surface area contributed by atoms with E-state index in [0.29, 0.717) is 23.5 Å². The van der Waals surface area contributed by atoms with Gasteiger partial charge in [0.2, 0.25) is 0 Å². The highest BCUT2D eigenvalue weighted by atomic mass is 16.5. The number of hydrogen-bond donors (Lipinski definition) is 1. The molecule has 30 heavy (non-hydrogen) atoms. The second-order valence-electron chi connectivity index (χ2n) is 12.6. The summed E-state index contributed by atoms with van der Waals surface area (Å²) in [7, 11) is 0. The Bertz CT molecular complexity index is 796. The average molecular weight is 410 g/mol. The summed E-state index contributed by atoms with van der Waals surface area (Å²) in [5.74, 6) is 4.84. The lowest BCUT2D eigenvalue weighted by Gasteiger charge is -2.49. The van der Waals surface area contributed by atoms with Crippen LogP contribution in [0.1, 0.15) is 86.0 Å². The molecule has 0 aromatic rings. The Morgan fingerprint density at radius 2 is 1.90 bits per heavy atom. The first kappa shape index (κ1) is 20.0. The maximum Gasteiger partial charge on any atom is 0.0937 e. The van der Waals surface area contributed by atoms with Gasteiger partial charge >= 0.3 is 0 Å². The highest BCUT2D eigenvalue weighted by Crippen LogP contribution is 2.65. The molecule has 1 N–H and O–H groups in total. The molecule has 0 amide bonds. The molecule has 1 spiro atoms. The third kappa shape index (κ3) is 2.56. The molecule has 2 aliphatic heterocycles. The zero-order chi connectivity index (χ0) is 20.8. The average Bonchev–Trinajstić information content (AvgIpc) is 3.23. The van der Waals surface area contributed by atoms with Crippen LogP contribution in [-0.4, -0.2) is 24.3 Å². The molecule has 2 nitrogen and oxygen atoms in total. The first-order chi connectivity index (χ1) is 14.3. The van der Waals surface area contributed by atoms with Crippen LogP contribution < -0.4 is 5.32 Å². The van der Waals surface area contributed by atoms with E-state index in [-0.39, 0.29) is 5.60 Å². The van der Waals surface area contributed by atoms with E-state index in [0.717, 1.165) is 29.6 Å². The fraction of sp³-hybridized carbons (Fsp3) is 0.857. The maximum absolute atomic E-state index is 7.06. The van der Waals surface area contributed by atoms with Crippen LogP contribution in [0.5, 0.6) is 0 Å². The summed E-state index contributed by atoms with van der Waals surface area (Å²) >= 11 is 0. The minimum absolute atomic E-state index is 0.0178. The number of fused-ring (bicyclic) bond motifs is 6. The van der Waals surface area contributed by atoms with Gasteiger partial charge in [-0.25, -0.2) is 0 Å². The van der Waals surface area contributed by atoms with E-state index in [4.69, 9.17) is 4.74 Å². The summed E-state index contributed by atoms with van der Waals surface area (Å²) in [6.07, 6.45) is 13.9. The van der Waals surface area contributed by atoms with E-state index < -0.39 is 0 Å². The van der Waals surface area contributed by atoms with Gasteiger partial charge in [-0.1, -0.05) is 44.9 Å². The molecule has 0 radical (unpaired) electrons. The van der Waals surface area contributed by atoms with E-state index in [1.165, 1.54) is 57.9 Å². The SMILES string of the molecule is CC1=C2CC3C(CC=C4CC(C)CCC43C)C2CCC12OC1C[C@H](C)CNC1C2C. The van der Waals surface area contributed by atoms with Crippen molar-refractivity contribution >= 4 is 0 Å². The minimum Gasteiger partial charge on any atom is -0.365 e. The normalized spacial score (nSPS) is 55.0. The first-order valence-corrected chi connectivity index (χ1v) is 13.1. The zero-order valence-electron chi connectivity index (χ0n) is 20.0. The van der Waals surface area contributed by atoms with E-state index in [2.05, 4.69) is 46.0 Å². The Hall–Kier alpha value is -0.600. The molecule has 2 saturated heterocycles. The number of rotatable bonds is 0. The number of nitrogens with one attached hydrogen (secondary N) is 1. The predicted octanol–water partition coefficient (Wildman–Crippen LogP) is 6.28. The lowest BCUT2D eigenvalue weighted by Crippen LogP contribution is -2.49. The van der Waals surface area contributed by atoms with Gasteiger partial charge in [-0.15, -0.1) is 0 Å². The maximum atomic E-state index is 7.06. The number of ether oxygens (including phenoxy) is 1. The van der Waals surface area contributed by atoms with Gasteiger partial charge in [-0.3, -0.25) is 0 Å². The number of piperidine rings is 1. The van der Waals surface area contributed by atoms with Crippen molar-refractivity contribution in [3.63, 3.8) is 0 Å². The smallest absolute Gasteiger partial charge is 0.0937 e. The Kier molecular flexibility index (Phi) is 4.48. The zero-order valence-corrected chi connectivity index (χ0v) is 20.0. The van der Waals surface area contributed by atoms with Gasteiger partial charge < -0.3 is 10.1 Å². The largest absolute Gasteiger partial charge is 0.365 e. The van der Waals surface area contributed by atoms with Crippen LogP contribution in [-0.2, 0) is 4.74 Å². The second-order valence-corrected chi connectivity index (χ2v) is 12.6. The van der Waals surface area contributed by atoms with Gasteiger partial charge in [0.05, 0.1) is 11.7 Å². The first-order valence-electron chi connectivity index (χ1n) is 13.1. The second kappa shape index (κ2) is 6.70. The molecule has 4 aliphatic carbocycles. The van der Waals surface area contributed by atoms with Crippen LogP contribution in [0.15, 0.2) is 22.8 Å². The van der Waals surface area contributed by atoms with Crippen LogP contribution in [0.25, 0.3) is 0 Å². The molecule has 0 aromatic heterocycles. The molecule has 2 heteroatoms. The van der Waals surface area contributed by atoms with Crippen molar-refractivity contribution < 1.29 is 4.74 Å². The third-order valence-corrected chi connectivity index (χ3v) is 11.2. The van der Waals surface area contributed by atoms with Crippen LogP contribution >= 0.6 is 0 Å². The van der Waals surface area contributed by atoms with Crippen LogP contribution in [0.3, 0.4) is 0 Å². The Morgan fingerprint density at radius 1 is 1.07 bits per heavy atom. The minimum atomic E-state index is 0.0178. The quantitative estimate of drug-likeness (QED) is 0.476. The summed E-state index contributed by atoms with van der Waals surface area (Å²) in [5, 5.41) is 3.87. The summed E-state index contributed by atoms with van der Waals surface area (Å²) in [6.45, 7) is 13.6. The summed E-state index contributed by atoms with van der Waals surface area (Å²) in [5.41, 5.74) is 5.82.